The SMILES string of the molecule is Cc1ccc(N2CCC(O)CC2(C)C)cc1Cl. The number of nitrogens with zero attached hydrogens (tertiary/aromatic N) is 1. The Balaban J connectivity index is 2.29. The number of rotatable bonds is 1. The highest BCUT2D eigenvalue weighted by Gasteiger charge is 2.34. The molecule has 1 aliphatic heterocycles. The van der Waals surface area contributed by atoms with Crippen molar-refractivity contribution in [2.24, 2.45) is 0 Å². The van der Waals surface area contributed by atoms with E-state index in [0.717, 1.165) is 35.7 Å². The first-order valence-electron chi connectivity index (χ1n) is 6.12. The van der Waals surface area contributed by atoms with E-state index in [4.69, 9.17) is 11.6 Å². The van der Waals surface area contributed by atoms with Crippen LogP contribution in [0.5, 0.6) is 0 Å². The summed E-state index contributed by atoms with van der Waals surface area (Å²) in [5.41, 5.74) is 2.23. The van der Waals surface area contributed by atoms with Gasteiger partial charge in [-0.05, 0) is 51.3 Å². The molecule has 94 valence electrons. The van der Waals surface area contributed by atoms with Crippen molar-refractivity contribution in [3.05, 3.63) is 28.8 Å². The van der Waals surface area contributed by atoms with Crippen molar-refractivity contribution in [3.8, 4) is 0 Å². The van der Waals surface area contributed by atoms with E-state index in [-0.39, 0.29) is 11.6 Å². The molecule has 1 fully saturated rings. The number of piperidine rings is 1. The van der Waals surface area contributed by atoms with Crippen LogP contribution in [0.1, 0.15) is 32.3 Å². The molecule has 1 heterocycles. The minimum absolute atomic E-state index is 0.0176. The second-order valence-electron chi connectivity index (χ2n) is 5.54. The molecule has 0 saturated carbocycles. The van der Waals surface area contributed by atoms with Crippen LogP contribution in [0.4, 0.5) is 5.69 Å². The first kappa shape index (κ1) is 12.7. The fourth-order valence-corrected chi connectivity index (χ4v) is 2.77. The molecule has 1 N–H and O–H groups in total. The Morgan fingerprint density at radius 1 is 1.41 bits per heavy atom. The van der Waals surface area contributed by atoms with E-state index < -0.39 is 0 Å². The summed E-state index contributed by atoms with van der Waals surface area (Å²) in [4.78, 5) is 2.34. The van der Waals surface area contributed by atoms with Crippen LogP contribution >= 0.6 is 11.6 Å². The van der Waals surface area contributed by atoms with Gasteiger partial charge in [0.25, 0.3) is 0 Å². The molecule has 2 nitrogen and oxygen atoms in total. The van der Waals surface area contributed by atoms with Gasteiger partial charge in [0.05, 0.1) is 6.10 Å². The maximum absolute atomic E-state index is 9.76. The second kappa shape index (κ2) is 4.51. The molecule has 17 heavy (non-hydrogen) atoms. The molecular formula is C14H20ClNO. The van der Waals surface area contributed by atoms with Crippen LogP contribution in [-0.2, 0) is 0 Å². The third kappa shape index (κ3) is 2.58. The van der Waals surface area contributed by atoms with Crippen LogP contribution in [-0.4, -0.2) is 23.3 Å². The number of halogens is 1. The topological polar surface area (TPSA) is 23.5 Å². The zero-order chi connectivity index (χ0) is 12.6. The lowest BCUT2D eigenvalue weighted by molar-refractivity contribution is 0.107. The maximum atomic E-state index is 9.76. The molecule has 1 aromatic carbocycles. The van der Waals surface area contributed by atoms with Gasteiger partial charge in [0, 0.05) is 22.8 Å². The van der Waals surface area contributed by atoms with E-state index in [1.165, 1.54) is 0 Å². The third-order valence-electron chi connectivity index (χ3n) is 3.62. The van der Waals surface area contributed by atoms with Gasteiger partial charge >= 0.3 is 0 Å². The van der Waals surface area contributed by atoms with Crippen molar-refractivity contribution in [2.75, 3.05) is 11.4 Å². The van der Waals surface area contributed by atoms with Gasteiger partial charge in [-0.1, -0.05) is 17.7 Å². The van der Waals surface area contributed by atoms with Gasteiger partial charge in [-0.2, -0.15) is 0 Å². The van der Waals surface area contributed by atoms with Crippen molar-refractivity contribution < 1.29 is 5.11 Å². The molecular weight excluding hydrogens is 234 g/mol. The Morgan fingerprint density at radius 2 is 2.12 bits per heavy atom. The molecule has 1 aliphatic rings. The van der Waals surface area contributed by atoms with Crippen LogP contribution in [0, 0.1) is 6.92 Å². The molecule has 3 heteroatoms. The number of anilines is 1. The van der Waals surface area contributed by atoms with E-state index >= 15 is 0 Å². The van der Waals surface area contributed by atoms with E-state index in [9.17, 15) is 5.11 Å². The Bertz CT molecular complexity index is 417. The van der Waals surface area contributed by atoms with Crippen LogP contribution in [0.25, 0.3) is 0 Å². The van der Waals surface area contributed by atoms with Gasteiger partial charge in [-0.15, -0.1) is 0 Å². The number of hydrogen-bond donors (Lipinski definition) is 1. The maximum Gasteiger partial charge on any atom is 0.0579 e. The highest BCUT2D eigenvalue weighted by molar-refractivity contribution is 6.31. The van der Waals surface area contributed by atoms with E-state index in [0.29, 0.717) is 0 Å². The smallest absolute Gasteiger partial charge is 0.0579 e. The van der Waals surface area contributed by atoms with Gasteiger partial charge in [-0.25, -0.2) is 0 Å². The van der Waals surface area contributed by atoms with Crippen molar-refractivity contribution in [3.63, 3.8) is 0 Å². The minimum Gasteiger partial charge on any atom is -0.393 e. The van der Waals surface area contributed by atoms with Crippen LogP contribution < -0.4 is 4.90 Å². The summed E-state index contributed by atoms with van der Waals surface area (Å²) in [5, 5.41) is 10.6. The van der Waals surface area contributed by atoms with Gasteiger partial charge in [0.1, 0.15) is 0 Å². The highest BCUT2D eigenvalue weighted by Crippen LogP contribution is 2.34. The molecule has 2 rings (SSSR count). The number of aliphatic hydroxyl groups excluding tert-OH is 1. The van der Waals surface area contributed by atoms with Gasteiger partial charge < -0.3 is 10.0 Å². The molecule has 1 unspecified atom stereocenters. The minimum atomic E-state index is -0.179. The monoisotopic (exact) mass is 253 g/mol. The normalized spacial score (nSPS) is 23.8. The predicted molar refractivity (Wildman–Crippen MR) is 72.9 cm³/mol. The summed E-state index contributed by atoms with van der Waals surface area (Å²) >= 11 is 6.18. The second-order valence-corrected chi connectivity index (χ2v) is 5.95. The molecule has 0 aliphatic carbocycles. The van der Waals surface area contributed by atoms with Crippen LogP contribution in [0.2, 0.25) is 5.02 Å². The van der Waals surface area contributed by atoms with E-state index in [1.54, 1.807) is 0 Å². The van der Waals surface area contributed by atoms with Crippen molar-refractivity contribution in [1.29, 1.82) is 0 Å². The molecule has 0 spiro atoms. The number of aliphatic hydroxyl groups is 1. The summed E-state index contributed by atoms with van der Waals surface area (Å²) in [6.45, 7) is 7.23. The lowest BCUT2D eigenvalue weighted by Crippen LogP contribution is -2.51. The lowest BCUT2D eigenvalue weighted by Gasteiger charge is -2.46. The number of hydrogen-bond acceptors (Lipinski definition) is 2. The number of aryl methyl sites for hydroxylation is 1. The van der Waals surface area contributed by atoms with Crippen LogP contribution in [0.15, 0.2) is 18.2 Å². The van der Waals surface area contributed by atoms with Gasteiger partial charge in [0.15, 0.2) is 0 Å². The fourth-order valence-electron chi connectivity index (χ4n) is 2.60. The summed E-state index contributed by atoms with van der Waals surface area (Å²) in [6, 6.07) is 6.19. The fraction of sp³-hybridized carbons (Fsp3) is 0.571. The first-order chi connectivity index (χ1) is 7.90. The molecule has 1 atom stereocenters. The first-order valence-corrected chi connectivity index (χ1v) is 6.50. The summed E-state index contributed by atoms with van der Waals surface area (Å²) < 4.78 is 0. The van der Waals surface area contributed by atoms with Crippen molar-refractivity contribution in [1.82, 2.24) is 0 Å². The Kier molecular flexibility index (Phi) is 3.37. The average molecular weight is 254 g/mol. The molecule has 0 amide bonds. The Labute approximate surface area is 108 Å². The third-order valence-corrected chi connectivity index (χ3v) is 4.03. The molecule has 0 aromatic heterocycles. The molecule has 0 bridgehead atoms. The molecule has 1 aromatic rings. The largest absolute Gasteiger partial charge is 0.393 e. The number of benzene rings is 1. The standard InChI is InChI=1S/C14H20ClNO/c1-10-4-5-11(8-13(10)15)16-7-6-12(17)9-14(16,2)3/h4-5,8,12,17H,6-7,9H2,1-3H3. The quantitative estimate of drug-likeness (QED) is 0.829. The molecule has 1 saturated heterocycles. The summed E-state index contributed by atoms with van der Waals surface area (Å²) in [5.74, 6) is 0. The Hall–Kier alpha value is -0.730. The zero-order valence-corrected chi connectivity index (χ0v) is 11.5. The highest BCUT2D eigenvalue weighted by atomic mass is 35.5. The van der Waals surface area contributed by atoms with E-state index in [1.807, 2.05) is 13.0 Å². The van der Waals surface area contributed by atoms with Crippen molar-refractivity contribution in [2.45, 2.75) is 45.3 Å². The van der Waals surface area contributed by atoms with E-state index in [2.05, 4.69) is 30.9 Å². The Morgan fingerprint density at radius 3 is 2.71 bits per heavy atom. The van der Waals surface area contributed by atoms with Gasteiger partial charge in [-0.3, -0.25) is 0 Å². The zero-order valence-electron chi connectivity index (χ0n) is 10.7. The predicted octanol–water partition coefficient (Wildman–Crippen LogP) is 3.39. The summed E-state index contributed by atoms with van der Waals surface area (Å²) in [6.07, 6.45) is 1.45. The van der Waals surface area contributed by atoms with Gasteiger partial charge in [0.2, 0.25) is 0 Å². The summed E-state index contributed by atoms with van der Waals surface area (Å²) in [7, 11) is 0. The van der Waals surface area contributed by atoms with Crippen molar-refractivity contribution >= 4 is 17.3 Å². The average Bonchev–Trinajstić information content (AvgIpc) is 2.21. The van der Waals surface area contributed by atoms with Crippen LogP contribution in [0.3, 0.4) is 0 Å². The lowest BCUT2D eigenvalue weighted by atomic mass is 9.88. The molecule has 0 radical (unpaired) electrons.